The van der Waals surface area contributed by atoms with Crippen molar-refractivity contribution in [2.75, 3.05) is 7.11 Å². The molecule has 1 aliphatic heterocycles. The quantitative estimate of drug-likeness (QED) is 0.738. The van der Waals surface area contributed by atoms with Crippen molar-refractivity contribution < 1.29 is 14.3 Å². The fraction of sp³-hybridized carbons (Fsp3) is 0.600. The van der Waals surface area contributed by atoms with Crippen molar-refractivity contribution in [2.45, 2.75) is 70.5 Å². The third-order valence-corrected chi connectivity index (χ3v) is 4.83. The van der Waals surface area contributed by atoms with E-state index >= 15 is 0 Å². The molecule has 2 N–H and O–H groups in total. The van der Waals surface area contributed by atoms with E-state index in [2.05, 4.69) is 38.3 Å². The molecule has 0 unspecified atom stereocenters. The number of piperidine rings is 1. The van der Waals surface area contributed by atoms with Gasteiger partial charge in [0.1, 0.15) is 5.75 Å². The number of ether oxygens (including phenoxy) is 1. The van der Waals surface area contributed by atoms with Crippen LogP contribution in [0.5, 0.6) is 5.75 Å². The van der Waals surface area contributed by atoms with Crippen LogP contribution in [0.15, 0.2) is 18.2 Å². The van der Waals surface area contributed by atoms with Gasteiger partial charge in [-0.1, -0.05) is 11.6 Å². The van der Waals surface area contributed by atoms with Crippen LogP contribution in [0, 0.1) is 0 Å². The zero-order valence-corrected chi connectivity index (χ0v) is 17.0. The number of halogens is 1. The Balaban J connectivity index is 1.93. The highest BCUT2D eigenvalue weighted by Gasteiger charge is 2.38. The minimum atomic E-state index is -0.148. The Bertz CT molecular complexity index is 670. The first kappa shape index (κ1) is 20.7. The molecule has 144 valence electrons. The molecule has 0 atom stereocenters. The number of carbonyl (C=O) groups excluding carboxylic acids is 2. The maximum Gasteiger partial charge on any atom is 0.220 e. The lowest BCUT2D eigenvalue weighted by Crippen LogP contribution is -2.62. The van der Waals surface area contributed by atoms with Crippen LogP contribution in [0.25, 0.3) is 0 Å². The molecular formula is C20H29ClN2O3. The van der Waals surface area contributed by atoms with Crippen molar-refractivity contribution in [3.05, 3.63) is 28.8 Å². The van der Waals surface area contributed by atoms with Crippen molar-refractivity contribution in [1.29, 1.82) is 0 Å². The van der Waals surface area contributed by atoms with Crippen molar-refractivity contribution in [1.82, 2.24) is 10.6 Å². The monoisotopic (exact) mass is 380 g/mol. The van der Waals surface area contributed by atoms with Crippen LogP contribution in [0.1, 0.15) is 63.7 Å². The zero-order chi connectivity index (χ0) is 19.5. The number of benzene rings is 1. The third-order valence-electron chi connectivity index (χ3n) is 4.60. The first-order chi connectivity index (χ1) is 12.0. The van der Waals surface area contributed by atoms with Gasteiger partial charge in [0, 0.05) is 35.0 Å². The average molecular weight is 381 g/mol. The summed E-state index contributed by atoms with van der Waals surface area (Å²) in [7, 11) is 1.51. The van der Waals surface area contributed by atoms with Crippen molar-refractivity contribution >= 4 is 23.3 Å². The van der Waals surface area contributed by atoms with Crippen LogP contribution in [0.2, 0.25) is 5.02 Å². The lowest BCUT2D eigenvalue weighted by atomic mass is 9.79. The van der Waals surface area contributed by atoms with Crippen molar-refractivity contribution in [3.63, 3.8) is 0 Å². The van der Waals surface area contributed by atoms with E-state index in [1.807, 2.05) is 0 Å². The first-order valence-corrected chi connectivity index (χ1v) is 9.34. The Kier molecular flexibility index (Phi) is 6.35. The fourth-order valence-electron chi connectivity index (χ4n) is 3.98. The van der Waals surface area contributed by atoms with E-state index in [4.69, 9.17) is 16.3 Å². The molecule has 1 aromatic rings. The number of Topliss-reactive ketones (excluding diaryl/α,β-unsaturated/α-hetero) is 1. The molecule has 0 radical (unpaired) electrons. The van der Waals surface area contributed by atoms with Crippen LogP contribution < -0.4 is 15.4 Å². The van der Waals surface area contributed by atoms with Gasteiger partial charge in [-0.25, -0.2) is 0 Å². The summed E-state index contributed by atoms with van der Waals surface area (Å²) in [5.74, 6) is 0.227. The highest BCUT2D eigenvalue weighted by molar-refractivity contribution is 6.31. The van der Waals surface area contributed by atoms with Gasteiger partial charge in [-0.05, 0) is 58.7 Å². The number of amides is 1. The van der Waals surface area contributed by atoms with E-state index in [1.165, 1.54) is 7.11 Å². The van der Waals surface area contributed by atoms with Crippen molar-refractivity contribution in [2.24, 2.45) is 0 Å². The van der Waals surface area contributed by atoms with Crippen LogP contribution in [-0.2, 0) is 4.79 Å². The number of methoxy groups -OCH3 is 1. The minimum absolute atomic E-state index is 0.0380. The molecule has 0 aliphatic carbocycles. The highest BCUT2D eigenvalue weighted by atomic mass is 35.5. The second-order valence-electron chi connectivity index (χ2n) is 8.33. The number of hydrogen-bond donors (Lipinski definition) is 2. The van der Waals surface area contributed by atoms with E-state index in [0.717, 1.165) is 12.8 Å². The Labute approximate surface area is 160 Å². The SMILES string of the molecule is COc1ccc(Cl)cc1C(=O)CCC(=O)NC1CC(C)(C)NC(C)(C)C1. The summed E-state index contributed by atoms with van der Waals surface area (Å²) in [4.78, 5) is 24.8. The number of nitrogens with one attached hydrogen (secondary N) is 2. The Hall–Kier alpha value is -1.59. The molecule has 1 amide bonds. The maximum atomic E-state index is 12.5. The number of hydrogen-bond acceptors (Lipinski definition) is 4. The van der Waals surface area contributed by atoms with Crippen LogP contribution in [0.3, 0.4) is 0 Å². The van der Waals surface area contributed by atoms with Gasteiger partial charge in [-0.3, -0.25) is 9.59 Å². The van der Waals surface area contributed by atoms with E-state index < -0.39 is 0 Å². The second kappa shape index (κ2) is 7.97. The first-order valence-electron chi connectivity index (χ1n) is 8.97. The van der Waals surface area contributed by atoms with Crippen LogP contribution >= 0.6 is 11.6 Å². The standard InChI is InChI=1S/C20H29ClN2O3/c1-19(2)11-14(12-20(3,4)23-19)22-18(25)9-7-16(24)15-10-13(21)6-8-17(15)26-5/h6,8,10,14,23H,7,9,11-12H2,1-5H3,(H,22,25). The summed E-state index contributed by atoms with van der Waals surface area (Å²) in [5.41, 5.74) is 0.338. The lowest BCUT2D eigenvalue weighted by molar-refractivity contribution is -0.122. The largest absolute Gasteiger partial charge is 0.496 e. The van der Waals surface area contributed by atoms with E-state index in [1.54, 1.807) is 18.2 Å². The second-order valence-corrected chi connectivity index (χ2v) is 8.77. The number of rotatable bonds is 6. The van der Waals surface area contributed by atoms with Gasteiger partial charge in [0.2, 0.25) is 5.91 Å². The average Bonchev–Trinajstić information content (AvgIpc) is 2.49. The van der Waals surface area contributed by atoms with Crippen LogP contribution in [-0.4, -0.2) is 35.9 Å². The molecule has 0 spiro atoms. The molecule has 1 aromatic carbocycles. The third kappa shape index (κ3) is 5.71. The number of ketones is 1. The summed E-state index contributed by atoms with van der Waals surface area (Å²) in [6, 6.07) is 5.02. The molecular weight excluding hydrogens is 352 g/mol. The summed E-state index contributed by atoms with van der Waals surface area (Å²) in [6.45, 7) is 8.56. The topological polar surface area (TPSA) is 67.4 Å². The van der Waals surface area contributed by atoms with Gasteiger partial charge in [0.05, 0.1) is 12.7 Å². The predicted molar refractivity (Wildman–Crippen MR) is 104 cm³/mol. The van der Waals surface area contributed by atoms with Gasteiger partial charge in [-0.15, -0.1) is 0 Å². The highest BCUT2D eigenvalue weighted by Crippen LogP contribution is 2.29. The molecule has 26 heavy (non-hydrogen) atoms. The smallest absolute Gasteiger partial charge is 0.220 e. The molecule has 2 rings (SSSR count). The molecule has 0 saturated carbocycles. The summed E-state index contributed by atoms with van der Waals surface area (Å²) in [6.07, 6.45) is 2.00. The summed E-state index contributed by atoms with van der Waals surface area (Å²) >= 11 is 5.97. The Morgan fingerprint density at radius 3 is 2.38 bits per heavy atom. The Morgan fingerprint density at radius 1 is 1.19 bits per heavy atom. The lowest BCUT2D eigenvalue weighted by Gasteiger charge is -2.46. The van der Waals surface area contributed by atoms with Crippen LogP contribution in [0.4, 0.5) is 0 Å². The van der Waals surface area contributed by atoms with Gasteiger partial charge < -0.3 is 15.4 Å². The van der Waals surface area contributed by atoms with E-state index in [-0.39, 0.29) is 41.7 Å². The molecule has 5 nitrogen and oxygen atoms in total. The Morgan fingerprint density at radius 2 is 1.81 bits per heavy atom. The fourth-order valence-corrected chi connectivity index (χ4v) is 4.16. The molecule has 1 heterocycles. The maximum absolute atomic E-state index is 12.5. The summed E-state index contributed by atoms with van der Waals surface area (Å²) in [5, 5.41) is 7.15. The van der Waals surface area contributed by atoms with Gasteiger partial charge in [0.25, 0.3) is 0 Å². The number of carbonyl (C=O) groups is 2. The molecule has 0 bridgehead atoms. The van der Waals surface area contributed by atoms with Gasteiger partial charge in [0.15, 0.2) is 5.78 Å². The summed E-state index contributed by atoms with van der Waals surface area (Å²) < 4.78 is 5.21. The molecule has 0 aromatic heterocycles. The van der Waals surface area contributed by atoms with Gasteiger partial charge >= 0.3 is 0 Å². The predicted octanol–water partition coefficient (Wildman–Crippen LogP) is 3.74. The molecule has 6 heteroatoms. The van der Waals surface area contributed by atoms with Crippen molar-refractivity contribution in [3.8, 4) is 5.75 Å². The zero-order valence-electron chi connectivity index (χ0n) is 16.2. The molecule has 1 aliphatic rings. The van der Waals surface area contributed by atoms with E-state index in [0.29, 0.717) is 16.3 Å². The molecule has 1 saturated heterocycles. The molecule has 1 fully saturated rings. The minimum Gasteiger partial charge on any atom is -0.496 e. The van der Waals surface area contributed by atoms with Gasteiger partial charge in [-0.2, -0.15) is 0 Å². The van der Waals surface area contributed by atoms with E-state index in [9.17, 15) is 9.59 Å². The normalized spacial score (nSPS) is 19.0.